The number of guanidine groups is 1. The van der Waals surface area contributed by atoms with Gasteiger partial charge >= 0.3 is 0 Å². The molecule has 0 aliphatic carbocycles. The molecule has 0 amide bonds. The SMILES string of the molecule is CCNC(=NCc1ccc(Cn2ccnc2)cc1)NCC(c1cccs1)N1CCCC1.I. The molecule has 1 fully saturated rings. The highest BCUT2D eigenvalue weighted by Gasteiger charge is 2.24. The third-order valence-corrected chi connectivity index (χ3v) is 6.60. The fourth-order valence-electron chi connectivity index (χ4n) is 3.99. The topological polar surface area (TPSA) is 57.5 Å². The van der Waals surface area contributed by atoms with Gasteiger partial charge in [-0.1, -0.05) is 30.3 Å². The maximum Gasteiger partial charge on any atom is 0.191 e. The zero-order valence-corrected chi connectivity index (χ0v) is 21.8. The third kappa shape index (κ3) is 7.05. The molecule has 1 aromatic carbocycles. The standard InChI is InChI=1S/C24H32N6S.HI/c1-2-26-24(28-17-22(23-6-5-15-31-23)30-12-3-4-13-30)27-16-20-7-9-21(10-8-20)18-29-14-11-25-19-29;/h5-11,14-15,19,22H,2-4,12-13,16-18H2,1H3,(H2,26,27,28);1H. The Labute approximate surface area is 212 Å². The molecule has 172 valence electrons. The molecule has 4 rings (SSSR count). The van der Waals surface area contributed by atoms with E-state index in [0.717, 1.165) is 25.6 Å². The van der Waals surface area contributed by atoms with Crippen LogP contribution in [0.1, 0.15) is 41.8 Å². The van der Waals surface area contributed by atoms with Gasteiger partial charge in [0.15, 0.2) is 5.96 Å². The fraction of sp³-hybridized carbons (Fsp3) is 0.417. The number of rotatable bonds is 9. The van der Waals surface area contributed by atoms with E-state index in [1.165, 1.54) is 41.9 Å². The normalized spacial score (nSPS) is 15.3. The molecule has 3 aromatic rings. The monoisotopic (exact) mass is 564 g/mol. The number of nitrogens with one attached hydrogen (secondary N) is 2. The number of hydrogen-bond donors (Lipinski definition) is 2. The fourth-order valence-corrected chi connectivity index (χ4v) is 4.85. The molecule has 8 heteroatoms. The minimum absolute atomic E-state index is 0. The van der Waals surface area contributed by atoms with Crippen molar-refractivity contribution in [1.29, 1.82) is 0 Å². The largest absolute Gasteiger partial charge is 0.357 e. The number of nitrogens with zero attached hydrogens (tertiary/aromatic N) is 4. The summed E-state index contributed by atoms with van der Waals surface area (Å²) in [6.07, 6.45) is 8.24. The van der Waals surface area contributed by atoms with Crippen LogP contribution in [-0.4, -0.2) is 46.6 Å². The van der Waals surface area contributed by atoms with Crippen molar-refractivity contribution in [2.24, 2.45) is 4.99 Å². The van der Waals surface area contributed by atoms with Crippen molar-refractivity contribution >= 4 is 41.3 Å². The number of aliphatic imine (C=N–C) groups is 1. The minimum Gasteiger partial charge on any atom is -0.357 e. The van der Waals surface area contributed by atoms with Crippen molar-refractivity contribution in [1.82, 2.24) is 25.1 Å². The van der Waals surface area contributed by atoms with Crippen molar-refractivity contribution in [3.8, 4) is 0 Å². The molecular weight excluding hydrogens is 531 g/mol. The summed E-state index contributed by atoms with van der Waals surface area (Å²) in [7, 11) is 0. The van der Waals surface area contributed by atoms with Gasteiger partial charge in [-0.15, -0.1) is 35.3 Å². The Hall–Kier alpha value is -1.91. The van der Waals surface area contributed by atoms with E-state index in [2.05, 4.69) is 73.8 Å². The number of aromatic nitrogens is 2. The molecule has 2 N–H and O–H groups in total. The molecule has 6 nitrogen and oxygen atoms in total. The molecule has 1 atom stereocenters. The summed E-state index contributed by atoms with van der Waals surface area (Å²) in [5.74, 6) is 0.880. The minimum atomic E-state index is 0. The Morgan fingerprint density at radius 3 is 2.56 bits per heavy atom. The first-order valence-corrected chi connectivity index (χ1v) is 12.0. The van der Waals surface area contributed by atoms with E-state index in [4.69, 9.17) is 4.99 Å². The van der Waals surface area contributed by atoms with Gasteiger partial charge in [-0.3, -0.25) is 4.90 Å². The quantitative estimate of drug-likeness (QED) is 0.228. The highest BCUT2D eigenvalue weighted by atomic mass is 127. The number of imidazole rings is 1. The summed E-state index contributed by atoms with van der Waals surface area (Å²) < 4.78 is 2.07. The Morgan fingerprint density at radius 2 is 1.91 bits per heavy atom. The molecule has 0 spiro atoms. The first-order chi connectivity index (χ1) is 15.3. The lowest BCUT2D eigenvalue weighted by Gasteiger charge is -2.27. The van der Waals surface area contributed by atoms with Gasteiger partial charge in [0.1, 0.15) is 0 Å². The van der Waals surface area contributed by atoms with E-state index in [0.29, 0.717) is 12.6 Å². The highest BCUT2D eigenvalue weighted by Crippen LogP contribution is 2.27. The molecule has 0 radical (unpaired) electrons. The van der Waals surface area contributed by atoms with E-state index in [1.54, 1.807) is 0 Å². The number of thiophene rings is 1. The van der Waals surface area contributed by atoms with Crippen molar-refractivity contribution < 1.29 is 0 Å². The zero-order valence-electron chi connectivity index (χ0n) is 18.6. The van der Waals surface area contributed by atoms with Gasteiger partial charge in [-0.25, -0.2) is 9.98 Å². The zero-order chi connectivity index (χ0) is 21.3. The van der Waals surface area contributed by atoms with E-state index in [-0.39, 0.29) is 24.0 Å². The van der Waals surface area contributed by atoms with Gasteiger partial charge in [0.2, 0.25) is 0 Å². The van der Waals surface area contributed by atoms with Crippen molar-refractivity contribution in [3.63, 3.8) is 0 Å². The van der Waals surface area contributed by atoms with Crippen molar-refractivity contribution in [2.75, 3.05) is 26.2 Å². The van der Waals surface area contributed by atoms with Gasteiger partial charge in [0, 0.05) is 36.9 Å². The number of halogens is 1. The smallest absolute Gasteiger partial charge is 0.191 e. The van der Waals surface area contributed by atoms with Gasteiger partial charge in [0.25, 0.3) is 0 Å². The molecule has 3 heterocycles. The summed E-state index contributed by atoms with van der Waals surface area (Å²) in [6.45, 7) is 7.70. The van der Waals surface area contributed by atoms with Crippen LogP contribution in [0.15, 0.2) is 65.5 Å². The van der Waals surface area contributed by atoms with Gasteiger partial charge in [0.05, 0.1) is 18.9 Å². The molecular formula is C24H33IN6S. The van der Waals surface area contributed by atoms with Crippen LogP contribution in [0.4, 0.5) is 0 Å². The number of hydrogen-bond acceptors (Lipinski definition) is 4. The lowest BCUT2D eigenvalue weighted by Crippen LogP contribution is -2.42. The predicted octanol–water partition coefficient (Wildman–Crippen LogP) is 4.50. The van der Waals surface area contributed by atoms with Crippen LogP contribution in [0.3, 0.4) is 0 Å². The average Bonchev–Trinajstić information content (AvgIpc) is 3.57. The lowest BCUT2D eigenvalue weighted by atomic mass is 10.1. The van der Waals surface area contributed by atoms with Crippen molar-refractivity contribution in [2.45, 2.75) is 38.9 Å². The lowest BCUT2D eigenvalue weighted by molar-refractivity contribution is 0.249. The third-order valence-electron chi connectivity index (χ3n) is 5.63. The van der Waals surface area contributed by atoms with Crippen LogP contribution in [0, 0.1) is 0 Å². The number of benzene rings is 1. The van der Waals surface area contributed by atoms with E-state index < -0.39 is 0 Å². The van der Waals surface area contributed by atoms with Gasteiger partial charge < -0.3 is 15.2 Å². The van der Waals surface area contributed by atoms with Gasteiger partial charge in [-0.05, 0) is 55.4 Å². The van der Waals surface area contributed by atoms with E-state index in [1.807, 2.05) is 30.1 Å². The highest BCUT2D eigenvalue weighted by molar-refractivity contribution is 14.0. The van der Waals surface area contributed by atoms with Crippen LogP contribution >= 0.6 is 35.3 Å². The van der Waals surface area contributed by atoms with Crippen LogP contribution in [0.5, 0.6) is 0 Å². The molecule has 1 aliphatic heterocycles. The van der Waals surface area contributed by atoms with E-state index >= 15 is 0 Å². The van der Waals surface area contributed by atoms with Crippen LogP contribution in [0.2, 0.25) is 0 Å². The summed E-state index contributed by atoms with van der Waals surface area (Å²) >= 11 is 1.85. The maximum atomic E-state index is 4.83. The molecule has 1 unspecified atom stereocenters. The molecule has 1 aliphatic rings. The number of likely N-dealkylation sites (tertiary alicyclic amines) is 1. The molecule has 0 bridgehead atoms. The molecule has 32 heavy (non-hydrogen) atoms. The summed E-state index contributed by atoms with van der Waals surface area (Å²) in [5.41, 5.74) is 2.47. The van der Waals surface area contributed by atoms with E-state index in [9.17, 15) is 0 Å². The maximum absolute atomic E-state index is 4.83. The second kappa shape index (κ2) is 13.0. The average molecular weight is 565 g/mol. The molecule has 1 saturated heterocycles. The van der Waals surface area contributed by atoms with Crippen LogP contribution in [0.25, 0.3) is 0 Å². The first-order valence-electron chi connectivity index (χ1n) is 11.1. The van der Waals surface area contributed by atoms with Crippen LogP contribution in [-0.2, 0) is 13.1 Å². The Balaban J connectivity index is 0.00000289. The predicted molar refractivity (Wildman–Crippen MR) is 144 cm³/mol. The molecule has 2 aromatic heterocycles. The second-order valence-electron chi connectivity index (χ2n) is 7.90. The Morgan fingerprint density at radius 1 is 1.12 bits per heavy atom. The first kappa shape index (κ1) is 24.7. The summed E-state index contributed by atoms with van der Waals surface area (Å²) in [5, 5.41) is 9.16. The van der Waals surface area contributed by atoms with Crippen LogP contribution < -0.4 is 10.6 Å². The summed E-state index contributed by atoms with van der Waals surface area (Å²) in [6, 6.07) is 13.5. The summed E-state index contributed by atoms with van der Waals surface area (Å²) in [4.78, 5) is 13.0. The molecule has 0 saturated carbocycles. The Bertz CT molecular complexity index is 918. The Kier molecular flexibility index (Phi) is 10.0. The van der Waals surface area contributed by atoms with Crippen molar-refractivity contribution in [3.05, 3.63) is 76.5 Å². The van der Waals surface area contributed by atoms with Gasteiger partial charge in [-0.2, -0.15) is 0 Å². The second-order valence-corrected chi connectivity index (χ2v) is 8.88.